The first-order valence-electron chi connectivity index (χ1n) is 10.3. The van der Waals surface area contributed by atoms with Gasteiger partial charge in [-0.15, -0.1) is 0 Å². The number of nitrogens with one attached hydrogen (secondary N) is 3. The van der Waals surface area contributed by atoms with Crippen LogP contribution in [0.1, 0.15) is 42.2 Å². The highest BCUT2D eigenvalue weighted by Gasteiger charge is 2.28. The molecule has 0 spiro atoms. The fraction of sp³-hybridized carbons (Fsp3) is 0.381. The summed E-state index contributed by atoms with van der Waals surface area (Å²) in [6, 6.07) is 6.08. The van der Waals surface area contributed by atoms with Gasteiger partial charge in [0.2, 0.25) is 11.8 Å². The van der Waals surface area contributed by atoms with E-state index in [1.165, 1.54) is 0 Å². The first kappa shape index (κ1) is 23.3. The van der Waals surface area contributed by atoms with Crippen LogP contribution in [-0.2, 0) is 16.1 Å². The highest BCUT2D eigenvalue weighted by atomic mass is 35.5. The van der Waals surface area contributed by atoms with E-state index in [0.717, 1.165) is 17.7 Å². The van der Waals surface area contributed by atoms with Crippen LogP contribution in [0.4, 0.5) is 16.2 Å². The first-order chi connectivity index (χ1) is 15.3. The van der Waals surface area contributed by atoms with Crippen LogP contribution >= 0.6 is 11.6 Å². The standard InChI is InChI=1S/C21H25ClN6O4/c1-3-4-10-28-19(22)18(13(2)26-28)20(31)25-15-7-5-14(6-8-15)24-16(29)9-11-27-17(30)12-23-21(27)32/h5-8H,3-4,9-12H2,1-2H3,(H,23,32)(H,24,29)(H,25,31). The first-order valence-corrected chi connectivity index (χ1v) is 10.7. The van der Waals surface area contributed by atoms with Crippen molar-refractivity contribution in [2.24, 2.45) is 0 Å². The summed E-state index contributed by atoms with van der Waals surface area (Å²) in [5.74, 6) is -1.05. The monoisotopic (exact) mass is 460 g/mol. The van der Waals surface area contributed by atoms with Crippen molar-refractivity contribution >= 4 is 46.7 Å². The number of hydrogen-bond acceptors (Lipinski definition) is 5. The van der Waals surface area contributed by atoms with E-state index in [2.05, 4.69) is 28.0 Å². The van der Waals surface area contributed by atoms with Gasteiger partial charge in [0, 0.05) is 30.9 Å². The number of anilines is 2. The van der Waals surface area contributed by atoms with Crippen LogP contribution in [0.25, 0.3) is 0 Å². The third-order valence-electron chi connectivity index (χ3n) is 4.94. The Morgan fingerprint density at radius 1 is 1.12 bits per heavy atom. The Kier molecular flexibility index (Phi) is 7.47. The number of halogens is 1. The Hall–Kier alpha value is -3.40. The van der Waals surface area contributed by atoms with Crippen molar-refractivity contribution in [2.45, 2.75) is 39.7 Å². The summed E-state index contributed by atoms with van der Waals surface area (Å²) in [6.07, 6.45) is 1.89. The second-order valence-corrected chi connectivity index (χ2v) is 7.72. The number of carbonyl (C=O) groups is 4. The van der Waals surface area contributed by atoms with Crippen molar-refractivity contribution in [3.8, 4) is 0 Å². The van der Waals surface area contributed by atoms with Gasteiger partial charge in [0.1, 0.15) is 5.15 Å². The smallest absolute Gasteiger partial charge is 0.324 e. The van der Waals surface area contributed by atoms with E-state index in [9.17, 15) is 19.2 Å². The van der Waals surface area contributed by atoms with Crippen LogP contribution in [-0.4, -0.2) is 51.5 Å². The van der Waals surface area contributed by atoms with Crippen LogP contribution in [0.3, 0.4) is 0 Å². The van der Waals surface area contributed by atoms with Gasteiger partial charge < -0.3 is 16.0 Å². The zero-order chi connectivity index (χ0) is 23.3. The SMILES string of the molecule is CCCCn1nc(C)c(C(=O)Nc2ccc(NC(=O)CCN3C(=O)CNC3=O)cc2)c1Cl. The molecule has 1 saturated heterocycles. The quantitative estimate of drug-likeness (QED) is 0.496. The number of imide groups is 1. The molecule has 1 aliphatic heterocycles. The van der Waals surface area contributed by atoms with Crippen LogP contribution in [0.15, 0.2) is 24.3 Å². The molecule has 1 aromatic carbocycles. The molecule has 11 heteroatoms. The van der Waals surface area contributed by atoms with E-state index in [1.807, 2.05) is 0 Å². The number of amides is 5. The number of aromatic nitrogens is 2. The number of benzene rings is 1. The third kappa shape index (κ3) is 5.44. The van der Waals surface area contributed by atoms with E-state index in [-0.39, 0.29) is 37.2 Å². The Morgan fingerprint density at radius 3 is 2.38 bits per heavy atom. The van der Waals surface area contributed by atoms with Gasteiger partial charge in [0.15, 0.2) is 0 Å². The molecule has 1 fully saturated rings. The summed E-state index contributed by atoms with van der Waals surface area (Å²) in [5, 5.41) is 12.5. The minimum Gasteiger partial charge on any atom is -0.329 e. The van der Waals surface area contributed by atoms with Crippen LogP contribution in [0, 0.1) is 6.92 Å². The number of rotatable bonds is 9. The normalized spacial score (nSPS) is 13.3. The lowest BCUT2D eigenvalue weighted by Gasteiger charge is -2.12. The van der Waals surface area contributed by atoms with Crippen LogP contribution < -0.4 is 16.0 Å². The van der Waals surface area contributed by atoms with Crippen molar-refractivity contribution in [3.05, 3.63) is 40.7 Å². The molecule has 3 N–H and O–H groups in total. The van der Waals surface area contributed by atoms with Crippen LogP contribution in [0.2, 0.25) is 5.15 Å². The summed E-state index contributed by atoms with van der Waals surface area (Å²) >= 11 is 6.35. The van der Waals surface area contributed by atoms with E-state index in [0.29, 0.717) is 34.3 Å². The summed E-state index contributed by atoms with van der Waals surface area (Å²) in [7, 11) is 0. The molecule has 32 heavy (non-hydrogen) atoms. The van der Waals surface area contributed by atoms with Crippen molar-refractivity contribution in [3.63, 3.8) is 0 Å². The van der Waals surface area contributed by atoms with Crippen molar-refractivity contribution in [1.29, 1.82) is 0 Å². The topological polar surface area (TPSA) is 125 Å². The van der Waals surface area contributed by atoms with Crippen molar-refractivity contribution in [2.75, 3.05) is 23.7 Å². The zero-order valence-corrected chi connectivity index (χ0v) is 18.7. The van der Waals surface area contributed by atoms with E-state index in [4.69, 9.17) is 11.6 Å². The average molecular weight is 461 g/mol. The largest absolute Gasteiger partial charge is 0.329 e. The number of aryl methyl sites for hydroxylation is 2. The Balaban J connectivity index is 1.55. The van der Waals surface area contributed by atoms with Crippen molar-refractivity contribution < 1.29 is 19.2 Å². The number of carbonyl (C=O) groups excluding carboxylic acids is 4. The Morgan fingerprint density at radius 2 is 1.78 bits per heavy atom. The molecule has 2 heterocycles. The van der Waals surface area contributed by atoms with E-state index >= 15 is 0 Å². The summed E-state index contributed by atoms with van der Waals surface area (Å²) < 4.78 is 1.63. The molecule has 3 rings (SSSR count). The second kappa shape index (κ2) is 10.3. The van der Waals surface area contributed by atoms with Gasteiger partial charge in [0.25, 0.3) is 5.91 Å². The molecule has 0 unspecified atom stereocenters. The highest BCUT2D eigenvalue weighted by Crippen LogP contribution is 2.22. The minimum atomic E-state index is -0.492. The maximum atomic E-state index is 12.7. The molecule has 0 bridgehead atoms. The minimum absolute atomic E-state index is 0.0106. The maximum Gasteiger partial charge on any atom is 0.324 e. The molecule has 5 amide bonds. The van der Waals surface area contributed by atoms with E-state index in [1.54, 1.807) is 35.9 Å². The molecule has 10 nitrogen and oxygen atoms in total. The summed E-state index contributed by atoms with van der Waals surface area (Å²) in [5.41, 5.74) is 1.94. The lowest BCUT2D eigenvalue weighted by atomic mass is 10.2. The maximum absolute atomic E-state index is 12.7. The molecule has 1 aromatic heterocycles. The highest BCUT2D eigenvalue weighted by molar-refractivity contribution is 6.33. The third-order valence-corrected chi connectivity index (χ3v) is 5.33. The molecule has 0 radical (unpaired) electrons. The van der Waals surface area contributed by atoms with Crippen LogP contribution in [0.5, 0.6) is 0 Å². The van der Waals surface area contributed by atoms with Gasteiger partial charge in [-0.25, -0.2) is 4.79 Å². The molecular weight excluding hydrogens is 436 g/mol. The Labute approximate surface area is 190 Å². The lowest BCUT2D eigenvalue weighted by Crippen LogP contribution is -2.33. The predicted octanol–water partition coefficient (Wildman–Crippen LogP) is 2.78. The lowest BCUT2D eigenvalue weighted by molar-refractivity contribution is -0.125. The van der Waals surface area contributed by atoms with E-state index < -0.39 is 6.03 Å². The Bertz CT molecular complexity index is 1020. The summed E-state index contributed by atoms with van der Waals surface area (Å²) in [4.78, 5) is 48.8. The predicted molar refractivity (Wildman–Crippen MR) is 120 cm³/mol. The molecule has 1 aliphatic rings. The molecule has 2 aromatic rings. The van der Waals surface area contributed by atoms with Gasteiger partial charge in [-0.2, -0.15) is 5.10 Å². The fourth-order valence-corrected chi connectivity index (χ4v) is 3.56. The number of unbranched alkanes of at least 4 members (excludes halogenated alkanes) is 1. The zero-order valence-electron chi connectivity index (χ0n) is 17.9. The molecule has 0 aliphatic carbocycles. The second-order valence-electron chi connectivity index (χ2n) is 7.36. The van der Waals surface area contributed by atoms with Gasteiger partial charge in [-0.05, 0) is 37.6 Å². The number of urea groups is 1. The van der Waals surface area contributed by atoms with Gasteiger partial charge in [-0.1, -0.05) is 24.9 Å². The fourth-order valence-electron chi connectivity index (χ4n) is 3.22. The molecule has 0 atom stereocenters. The molecule has 0 saturated carbocycles. The number of nitrogens with zero attached hydrogens (tertiary/aromatic N) is 3. The summed E-state index contributed by atoms with van der Waals surface area (Å²) in [6.45, 7) is 4.42. The molecule has 170 valence electrons. The molecular formula is C21H25ClN6O4. The van der Waals surface area contributed by atoms with Gasteiger partial charge in [-0.3, -0.25) is 24.0 Å². The average Bonchev–Trinajstić information content (AvgIpc) is 3.23. The van der Waals surface area contributed by atoms with Gasteiger partial charge in [0.05, 0.1) is 17.8 Å². The van der Waals surface area contributed by atoms with Crippen molar-refractivity contribution in [1.82, 2.24) is 20.0 Å². The number of hydrogen-bond donors (Lipinski definition) is 3. The van der Waals surface area contributed by atoms with Gasteiger partial charge >= 0.3 is 6.03 Å².